The first-order valence-electron chi connectivity index (χ1n) is 12.1. The molecule has 0 bridgehead atoms. The standard InChI is InChI=1S/C25H38FN5O3/c1-15(2)12-17(5)34-22-14-21(31-25(33)30(7)23(28-31)16(3)4)20(26)13-19(22)24(32)27-18-8-10-29(6)11-9-18/h13-18H,8-12H2,1-7H3,(H,27,32)/t17-/m0/s1. The summed E-state index contributed by atoms with van der Waals surface area (Å²) in [6, 6.07) is 2.61. The Morgan fingerprint density at radius 2 is 1.82 bits per heavy atom. The van der Waals surface area contributed by atoms with Crippen molar-refractivity contribution in [3.05, 3.63) is 39.8 Å². The largest absolute Gasteiger partial charge is 0.490 e. The molecule has 1 aromatic heterocycles. The maximum absolute atomic E-state index is 15.3. The molecule has 0 radical (unpaired) electrons. The average Bonchev–Trinajstić information content (AvgIpc) is 3.05. The monoisotopic (exact) mass is 475 g/mol. The second kappa shape index (κ2) is 10.7. The van der Waals surface area contributed by atoms with Crippen LogP contribution in [0.3, 0.4) is 0 Å². The molecule has 2 heterocycles. The Hall–Kier alpha value is -2.68. The van der Waals surface area contributed by atoms with Crippen LogP contribution in [0.25, 0.3) is 5.69 Å². The van der Waals surface area contributed by atoms with Crippen molar-refractivity contribution in [1.82, 2.24) is 24.6 Å². The van der Waals surface area contributed by atoms with Crippen molar-refractivity contribution in [2.24, 2.45) is 13.0 Å². The number of likely N-dealkylation sites (tertiary alicyclic amines) is 1. The van der Waals surface area contributed by atoms with Crippen LogP contribution in [-0.2, 0) is 7.05 Å². The fourth-order valence-corrected chi connectivity index (χ4v) is 4.44. The lowest BCUT2D eigenvalue weighted by molar-refractivity contribution is 0.0908. The first kappa shape index (κ1) is 25.9. The van der Waals surface area contributed by atoms with E-state index in [1.807, 2.05) is 20.8 Å². The van der Waals surface area contributed by atoms with E-state index in [1.54, 1.807) is 7.05 Å². The van der Waals surface area contributed by atoms with E-state index < -0.39 is 11.5 Å². The lowest BCUT2D eigenvalue weighted by Crippen LogP contribution is -2.43. The quantitative estimate of drug-likeness (QED) is 0.632. The number of hydrogen-bond acceptors (Lipinski definition) is 5. The third-order valence-electron chi connectivity index (χ3n) is 6.24. The molecule has 188 valence electrons. The molecule has 1 aliphatic rings. The van der Waals surface area contributed by atoms with Crippen LogP contribution in [0.1, 0.15) is 76.0 Å². The number of benzene rings is 1. The molecule has 0 spiro atoms. The molecule has 1 amide bonds. The first-order valence-corrected chi connectivity index (χ1v) is 12.1. The molecule has 34 heavy (non-hydrogen) atoms. The first-order chi connectivity index (χ1) is 16.0. The van der Waals surface area contributed by atoms with Gasteiger partial charge in [-0.05, 0) is 58.3 Å². The van der Waals surface area contributed by atoms with Gasteiger partial charge in [0.25, 0.3) is 5.91 Å². The summed E-state index contributed by atoms with van der Waals surface area (Å²) in [5.74, 6) is 0.0976. The van der Waals surface area contributed by atoms with E-state index in [2.05, 4.69) is 36.2 Å². The number of nitrogens with zero attached hydrogens (tertiary/aromatic N) is 4. The van der Waals surface area contributed by atoms with Crippen molar-refractivity contribution in [1.29, 1.82) is 0 Å². The number of amides is 1. The Morgan fingerprint density at radius 1 is 1.18 bits per heavy atom. The molecule has 1 atom stereocenters. The van der Waals surface area contributed by atoms with Gasteiger partial charge in [-0.3, -0.25) is 9.36 Å². The van der Waals surface area contributed by atoms with Gasteiger partial charge in [0.05, 0.1) is 11.7 Å². The molecule has 1 aromatic carbocycles. The highest BCUT2D eigenvalue weighted by Crippen LogP contribution is 2.28. The summed E-state index contributed by atoms with van der Waals surface area (Å²) in [5.41, 5.74) is -0.355. The summed E-state index contributed by atoms with van der Waals surface area (Å²) >= 11 is 0. The summed E-state index contributed by atoms with van der Waals surface area (Å²) in [7, 11) is 3.67. The lowest BCUT2D eigenvalue weighted by atomic mass is 10.0. The van der Waals surface area contributed by atoms with Crippen molar-refractivity contribution < 1.29 is 13.9 Å². The molecule has 0 aliphatic carbocycles. The molecule has 9 heteroatoms. The Morgan fingerprint density at radius 3 is 2.38 bits per heavy atom. The normalized spacial score (nSPS) is 16.3. The van der Waals surface area contributed by atoms with Gasteiger partial charge in [-0.2, -0.15) is 4.68 Å². The van der Waals surface area contributed by atoms with E-state index in [-0.39, 0.29) is 41.0 Å². The number of rotatable bonds is 8. The predicted octanol–water partition coefficient (Wildman–Crippen LogP) is 3.47. The van der Waals surface area contributed by atoms with Gasteiger partial charge in [0.1, 0.15) is 23.1 Å². The van der Waals surface area contributed by atoms with Gasteiger partial charge < -0.3 is 15.0 Å². The summed E-state index contributed by atoms with van der Waals surface area (Å²) in [5, 5.41) is 7.39. The van der Waals surface area contributed by atoms with Gasteiger partial charge >= 0.3 is 5.69 Å². The lowest BCUT2D eigenvalue weighted by Gasteiger charge is -2.29. The second-order valence-electron chi connectivity index (χ2n) is 10.2. The van der Waals surface area contributed by atoms with Crippen LogP contribution < -0.4 is 15.7 Å². The van der Waals surface area contributed by atoms with Crippen molar-refractivity contribution >= 4 is 5.91 Å². The molecule has 1 saturated heterocycles. The zero-order valence-electron chi connectivity index (χ0n) is 21.4. The maximum Gasteiger partial charge on any atom is 0.350 e. The average molecular weight is 476 g/mol. The fourth-order valence-electron chi connectivity index (χ4n) is 4.44. The van der Waals surface area contributed by atoms with Gasteiger partial charge in [0.2, 0.25) is 0 Å². The Kier molecular flexibility index (Phi) is 8.17. The van der Waals surface area contributed by atoms with Crippen molar-refractivity contribution in [2.45, 2.75) is 71.9 Å². The van der Waals surface area contributed by atoms with Gasteiger partial charge in [0, 0.05) is 25.1 Å². The molecular weight excluding hydrogens is 437 g/mol. The van der Waals surface area contributed by atoms with Crippen LogP contribution >= 0.6 is 0 Å². The van der Waals surface area contributed by atoms with Crippen LogP contribution in [-0.4, -0.2) is 57.4 Å². The minimum Gasteiger partial charge on any atom is -0.490 e. The molecule has 2 aromatic rings. The van der Waals surface area contributed by atoms with Crippen LogP contribution in [0.2, 0.25) is 0 Å². The second-order valence-corrected chi connectivity index (χ2v) is 10.2. The number of aromatic nitrogens is 3. The Bertz CT molecular complexity index is 1070. The molecular formula is C25H38FN5O3. The van der Waals surface area contributed by atoms with Gasteiger partial charge in [-0.15, -0.1) is 5.10 Å². The maximum atomic E-state index is 15.3. The number of halogens is 1. The van der Waals surface area contributed by atoms with Crippen LogP contribution in [0, 0.1) is 11.7 Å². The smallest absolute Gasteiger partial charge is 0.350 e. The van der Waals surface area contributed by atoms with E-state index in [0.717, 1.165) is 43.1 Å². The highest BCUT2D eigenvalue weighted by atomic mass is 19.1. The molecule has 0 unspecified atom stereocenters. The SMILES string of the molecule is CC(C)C[C@H](C)Oc1cc(-n2nc(C(C)C)n(C)c2=O)c(F)cc1C(=O)NC1CCN(C)CC1. The number of carbonyl (C=O) groups is 1. The third kappa shape index (κ3) is 5.87. The zero-order chi connectivity index (χ0) is 25.2. The van der Waals surface area contributed by atoms with Gasteiger partial charge in [0.15, 0.2) is 0 Å². The predicted molar refractivity (Wildman–Crippen MR) is 130 cm³/mol. The van der Waals surface area contributed by atoms with E-state index in [9.17, 15) is 9.59 Å². The molecule has 0 saturated carbocycles. The van der Waals surface area contributed by atoms with E-state index >= 15 is 4.39 Å². The Balaban J connectivity index is 2.00. The van der Waals surface area contributed by atoms with Gasteiger partial charge in [-0.25, -0.2) is 9.18 Å². The molecule has 3 rings (SSSR count). The minimum absolute atomic E-state index is 0.0108. The van der Waals surface area contributed by atoms with Crippen molar-refractivity contribution in [3.63, 3.8) is 0 Å². The molecule has 1 N–H and O–H groups in total. The molecule has 1 fully saturated rings. The highest BCUT2D eigenvalue weighted by Gasteiger charge is 2.25. The van der Waals surface area contributed by atoms with E-state index in [1.165, 1.54) is 10.6 Å². The number of carbonyl (C=O) groups excluding carboxylic acids is 1. The third-order valence-corrected chi connectivity index (χ3v) is 6.24. The highest BCUT2D eigenvalue weighted by molar-refractivity contribution is 5.97. The van der Waals surface area contributed by atoms with E-state index in [4.69, 9.17) is 4.74 Å². The summed E-state index contributed by atoms with van der Waals surface area (Å²) in [6.45, 7) is 11.7. The number of nitrogens with one attached hydrogen (secondary N) is 1. The number of piperidine rings is 1. The summed E-state index contributed by atoms with van der Waals surface area (Å²) in [6.07, 6.45) is 2.25. The number of hydrogen-bond donors (Lipinski definition) is 1. The van der Waals surface area contributed by atoms with Crippen LogP contribution in [0.4, 0.5) is 4.39 Å². The van der Waals surface area contributed by atoms with Gasteiger partial charge in [-0.1, -0.05) is 27.7 Å². The molecule has 8 nitrogen and oxygen atoms in total. The topological polar surface area (TPSA) is 81.4 Å². The van der Waals surface area contributed by atoms with Crippen molar-refractivity contribution in [3.8, 4) is 11.4 Å². The number of ether oxygens (including phenoxy) is 1. The van der Waals surface area contributed by atoms with E-state index in [0.29, 0.717) is 11.7 Å². The van der Waals surface area contributed by atoms with Crippen molar-refractivity contribution in [2.75, 3.05) is 20.1 Å². The van der Waals surface area contributed by atoms with Crippen LogP contribution in [0.5, 0.6) is 5.75 Å². The Labute approximate surface area is 201 Å². The minimum atomic E-state index is -0.701. The summed E-state index contributed by atoms with van der Waals surface area (Å²) in [4.78, 5) is 28.2. The fraction of sp³-hybridized carbons (Fsp3) is 0.640. The zero-order valence-corrected chi connectivity index (χ0v) is 21.4. The van der Waals surface area contributed by atoms with Crippen LogP contribution in [0.15, 0.2) is 16.9 Å². The molecule has 1 aliphatic heterocycles. The summed E-state index contributed by atoms with van der Waals surface area (Å²) < 4.78 is 23.9.